The van der Waals surface area contributed by atoms with Crippen LogP contribution >= 0.6 is 0 Å². The Kier molecular flexibility index (Phi) is 5.82. The number of sulfonamides is 1. The average Bonchev–Trinajstić information content (AvgIpc) is 2.68. The van der Waals surface area contributed by atoms with Gasteiger partial charge in [-0.25, -0.2) is 8.42 Å². The molecule has 2 aromatic rings. The van der Waals surface area contributed by atoms with Gasteiger partial charge in [0.1, 0.15) is 5.75 Å². The molecule has 1 amide bonds. The van der Waals surface area contributed by atoms with E-state index in [1.54, 1.807) is 31.4 Å². The second-order valence-corrected chi connectivity index (χ2v) is 8.76. The van der Waals surface area contributed by atoms with Gasteiger partial charge in [-0.05, 0) is 55.2 Å². The summed E-state index contributed by atoms with van der Waals surface area (Å²) in [4.78, 5) is 12.6. The number of amides is 1. The van der Waals surface area contributed by atoms with Gasteiger partial charge in [0.25, 0.3) is 5.91 Å². The van der Waals surface area contributed by atoms with Crippen molar-refractivity contribution >= 4 is 21.6 Å². The maximum absolute atomic E-state index is 12.8. The molecule has 0 bridgehead atoms. The predicted molar refractivity (Wildman–Crippen MR) is 105 cm³/mol. The molecule has 2 aromatic carbocycles. The molecule has 1 atom stereocenters. The van der Waals surface area contributed by atoms with Gasteiger partial charge < -0.3 is 10.1 Å². The molecule has 0 saturated carbocycles. The van der Waals surface area contributed by atoms with Crippen molar-refractivity contribution in [3.05, 3.63) is 54.1 Å². The van der Waals surface area contributed by atoms with E-state index < -0.39 is 10.0 Å². The number of hydrogen-bond acceptors (Lipinski definition) is 4. The van der Waals surface area contributed by atoms with Crippen LogP contribution in [-0.4, -0.2) is 38.8 Å². The molecular formula is C20H24N2O4S. The van der Waals surface area contributed by atoms with E-state index in [4.69, 9.17) is 4.74 Å². The molecule has 0 radical (unpaired) electrons. The number of piperidine rings is 1. The Bertz CT molecular complexity index is 910. The summed E-state index contributed by atoms with van der Waals surface area (Å²) in [5.41, 5.74) is 1.00. The minimum Gasteiger partial charge on any atom is -0.497 e. The highest BCUT2D eigenvalue weighted by Gasteiger charge is 2.28. The monoisotopic (exact) mass is 388 g/mol. The molecule has 1 fully saturated rings. The van der Waals surface area contributed by atoms with Crippen molar-refractivity contribution in [1.82, 2.24) is 4.31 Å². The molecule has 144 valence electrons. The van der Waals surface area contributed by atoms with Crippen molar-refractivity contribution < 1.29 is 17.9 Å². The van der Waals surface area contributed by atoms with Gasteiger partial charge in [0.2, 0.25) is 10.0 Å². The number of carbonyl (C=O) groups is 1. The van der Waals surface area contributed by atoms with Crippen molar-refractivity contribution in [1.29, 1.82) is 0 Å². The average molecular weight is 388 g/mol. The molecule has 7 heteroatoms. The zero-order chi connectivity index (χ0) is 19.4. The van der Waals surface area contributed by atoms with Crippen molar-refractivity contribution in [2.75, 3.05) is 25.5 Å². The van der Waals surface area contributed by atoms with Crippen molar-refractivity contribution in [2.45, 2.75) is 24.7 Å². The topological polar surface area (TPSA) is 75.7 Å². The third-order valence-corrected chi connectivity index (χ3v) is 6.58. The van der Waals surface area contributed by atoms with Crippen LogP contribution in [-0.2, 0) is 10.0 Å². The van der Waals surface area contributed by atoms with Crippen LogP contribution < -0.4 is 10.1 Å². The van der Waals surface area contributed by atoms with Gasteiger partial charge in [0.15, 0.2) is 0 Å². The summed E-state index contributed by atoms with van der Waals surface area (Å²) in [7, 11) is -1.96. The Hall–Kier alpha value is -2.38. The van der Waals surface area contributed by atoms with Gasteiger partial charge in [0, 0.05) is 30.4 Å². The highest BCUT2D eigenvalue weighted by atomic mass is 32.2. The number of nitrogens with zero attached hydrogens (tertiary/aromatic N) is 1. The van der Waals surface area contributed by atoms with Crippen LogP contribution in [0.3, 0.4) is 0 Å². The highest BCUT2D eigenvalue weighted by Crippen LogP contribution is 2.24. The van der Waals surface area contributed by atoms with E-state index in [0.29, 0.717) is 36.0 Å². The lowest BCUT2D eigenvalue weighted by molar-refractivity contribution is 0.102. The van der Waals surface area contributed by atoms with Gasteiger partial charge in [-0.2, -0.15) is 4.31 Å². The first-order valence-corrected chi connectivity index (χ1v) is 10.4. The van der Waals surface area contributed by atoms with E-state index in [0.717, 1.165) is 12.8 Å². The third kappa shape index (κ3) is 4.48. The van der Waals surface area contributed by atoms with Crippen LogP contribution in [0, 0.1) is 5.92 Å². The molecule has 1 aliphatic heterocycles. The van der Waals surface area contributed by atoms with Gasteiger partial charge in [-0.3, -0.25) is 4.79 Å². The molecule has 1 aliphatic rings. The summed E-state index contributed by atoms with van der Waals surface area (Å²) in [5.74, 6) is 0.699. The van der Waals surface area contributed by atoms with Crippen LogP contribution in [0.5, 0.6) is 5.75 Å². The fourth-order valence-corrected chi connectivity index (χ4v) is 4.79. The maximum Gasteiger partial charge on any atom is 0.255 e. The number of anilines is 1. The Morgan fingerprint density at radius 2 is 1.93 bits per heavy atom. The van der Waals surface area contributed by atoms with Crippen LogP contribution in [0.15, 0.2) is 53.4 Å². The lowest BCUT2D eigenvalue weighted by atomic mass is 10.0. The second-order valence-electron chi connectivity index (χ2n) is 6.82. The van der Waals surface area contributed by atoms with Crippen molar-refractivity contribution in [3.8, 4) is 5.75 Å². The zero-order valence-electron chi connectivity index (χ0n) is 15.5. The summed E-state index contributed by atoms with van der Waals surface area (Å²) >= 11 is 0. The number of benzene rings is 2. The SMILES string of the molecule is COc1cccc(NC(=O)c2ccc(S(=O)(=O)N3CCCC(C)C3)cc2)c1. The molecular weight excluding hydrogens is 364 g/mol. The Balaban J connectivity index is 1.73. The molecule has 1 N–H and O–H groups in total. The summed E-state index contributed by atoms with van der Waals surface area (Å²) in [6.07, 6.45) is 1.93. The second kappa shape index (κ2) is 8.10. The fraction of sp³-hybridized carbons (Fsp3) is 0.350. The molecule has 3 rings (SSSR count). The lowest BCUT2D eigenvalue weighted by Gasteiger charge is -2.30. The predicted octanol–water partition coefficient (Wildman–Crippen LogP) is 3.37. The minimum absolute atomic E-state index is 0.217. The van der Waals surface area contributed by atoms with Crippen LogP contribution in [0.4, 0.5) is 5.69 Å². The summed E-state index contributed by atoms with van der Waals surface area (Å²) in [6.45, 7) is 3.15. The molecule has 0 aromatic heterocycles. The smallest absolute Gasteiger partial charge is 0.255 e. The Morgan fingerprint density at radius 1 is 1.19 bits per heavy atom. The number of nitrogens with one attached hydrogen (secondary N) is 1. The number of methoxy groups -OCH3 is 1. The molecule has 27 heavy (non-hydrogen) atoms. The zero-order valence-corrected chi connectivity index (χ0v) is 16.3. The first-order chi connectivity index (χ1) is 12.9. The number of carbonyl (C=O) groups excluding carboxylic acids is 1. The number of ether oxygens (including phenoxy) is 1. The van der Waals surface area contributed by atoms with Gasteiger partial charge >= 0.3 is 0 Å². The first-order valence-electron chi connectivity index (χ1n) is 8.96. The van der Waals surface area contributed by atoms with E-state index in [1.807, 2.05) is 0 Å². The molecule has 6 nitrogen and oxygen atoms in total. The van der Waals surface area contributed by atoms with E-state index in [-0.39, 0.29) is 10.8 Å². The van der Waals surface area contributed by atoms with Gasteiger partial charge in [-0.15, -0.1) is 0 Å². The molecule has 1 saturated heterocycles. The molecule has 0 aliphatic carbocycles. The fourth-order valence-electron chi connectivity index (χ4n) is 3.20. The normalized spacial score (nSPS) is 18.1. The Labute approximate surface area is 160 Å². The molecule has 1 heterocycles. The van der Waals surface area contributed by atoms with E-state index >= 15 is 0 Å². The third-order valence-electron chi connectivity index (χ3n) is 4.70. The van der Waals surface area contributed by atoms with Gasteiger partial charge in [0.05, 0.1) is 12.0 Å². The quantitative estimate of drug-likeness (QED) is 0.852. The van der Waals surface area contributed by atoms with Crippen LogP contribution in [0.25, 0.3) is 0 Å². The minimum atomic E-state index is -3.52. The standard InChI is InChI=1S/C20H24N2O4S/c1-15-5-4-12-22(14-15)27(24,25)19-10-8-16(9-11-19)20(23)21-17-6-3-7-18(13-17)26-2/h3,6-11,13,15H,4-5,12,14H2,1-2H3,(H,21,23). The largest absolute Gasteiger partial charge is 0.497 e. The van der Waals surface area contributed by atoms with E-state index in [2.05, 4.69) is 12.2 Å². The van der Waals surface area contributed by atoms with E-state index in [9.17, 15) is 13.2 Å². The lowest BCUT2D eigenvalue weighted by Crippen LogP contribution is -2.39. The van der Waals surface area contributed by atoms with E-state index in [1.165, 1.54) is 28.6 Å². The summed E-state index contributed by atoms with van der Waals surface area (Å²) in [6, 6.07) is 13.1. The van der Waals surface area contributed by atoms with Crippen LogP contribution in [0.2, 0.25) is 0 Å². The molecule has 0 spiro atoms. The number of rotatable bonds is 5. The highest BCUT2D eigenvalue weighted by molar-refractivity contribution is 7.89. The van der Waals surface area contributed by atoms with Gasteiger partial charge in [-0.1, -0.05) is 13.0 Å². The summed E-state index contributed by atoms with van der Waals surface area (Å²) < 4.78 is 32.2. The van der Waals surface area contributed by atoms with Crippen molar-refractivity contribution in [3.63, 3.8) is 0 Å². The van der Waals surface area contributed by atoms with Crippen molar-refractivity contribution in [2.24, 2.45) is 5.92 Å². The number of hydrogen-bond donors (Lipinski definition) is 1. The maximum atomic E-state index is 12.8. The first kappa shape index (κ1) is 19.4. The molecule has 1 unspecified atom stereocenters. The summed E-state index contributed by atoms with van der Waals surface area (Å²) in [5, 5.41) is 2.78. The Morgan fingerprint density at radius 3 is 2.59 bits per heavy atom. The van der Waals surface area contributed by atoms with Crippen LogP contribution in [0.1, 0.15) is 30.1 Å².